The smallest absolute Gasteiger partial charge is 0.326 e. The van der Waals surface area contributed by atoms with Gasteiger partial charge in [0, 0.05) is 11.1 Å². The summed E-state index contributed by atoms with van der Waals surface area (Å²) in [7, 11) is 1.59. The molecule has 3 rings (SSSR count). The molecule has 3 aromatic rings. The van der Waals surface area contributed by atoms with Crippen molar-refractivity contribution >= 4 is 45.6 Å². The van der Waals surface area contributed by atoms with Crippen molar-refractivity contribution in [2.75, 3.05) is 19.0 Å². The Kier molecular flexibility index (Phi) is 6.40. The van der Waals surface area contributed by atoms with Gasteiger partial charge in [-0.05, 0) is 49.5 Å². The molecule has 9 heteroatoms. The van der Waals surface area contributed by atoms with Crippen LogP contribution in [0.5, 0.6) is 11.6 Å². The number of rotatable bonds is 6. The number of thiocarbonyl (C=S) groups is 1. The fourth-order valence-electron chi connectivity index (χ4n) is 2.78. The zero-order valence-electron chi connectivity index (χ0n) is 16.0. The van der Waals surface area contributed by atoms with Crippen LogP contribution in [0.2, 0.25) is 0 Å². The van der Waals surface area contributed by atoms with Crippen LogP contribution in [0.4, 0.5) is 11.4 Å². The summed E-state index contributed by atoms with van der Waals surface area (Å²) < 4.78 is 11.5. The molecule has 0 aliphatic rings. The van der Waals surface area contributed by atoms with E-state index in [1.165, 1.54) is 4.57 Å². The van der Waals surface area contributed by atoms with E-state index in [0.29, 0.717) is 10.9 Å². The fraction of sp³-hybridized carbons (Fsp3) is 0.200. The Balaban J connectivity index is 1.84. The van der Waals surface area contributed by atoms with E-state index in [9.17, 15) is 9.90 Å². The lowest BCUT2D eigenvalue weighted by Crippen LogP contribution is -2.12. The first-order valence-electron chi connectivity index (χ1n) is 8.86. The van der Waals surface area contributed by atoms with Gasteiger partial charge >= 0.3 is 5.97 Å². The molecule has 0 aliphatic heterocycles. The Morgan fingerprint density at radius 3 is 2.62 bits per heavy atom. The Morgan fingerprint density at radius 1 is 1.21 bits per heavy atom. The van der Waals surface area contributed by atoms with Gasteiger partial charge in [-0.3, -0.25) is 9.36 Å². The number of azo groups is 1. The molecule has 0 fully saturated rings. The zero-order chi connectivity index (χ0) is 20.8. The summed E-state index contributed by atoms with van der Waals surface area (Å²) in [4.78, 5) is 11.9. The van der Waals surface area contributed by atoms with Gasteiger partial charge < -0.3 is 19.9 Å². The fourth-order valence-corrected chi connectivity index (χ4v) is 2.94. The van der Waals surface area contributed by atoms with Gasteiger partial charge in [0.05, 0.1) is 19.2 Å². The van der Waals surface area contributed by atoms with Crippen molar-refractivity contribution in [1.29, 1.82) is 0 Å². The third-order valence-electron chi connectivity index (χ3n) is 4.09. The molecule has 0 aliphatic carbocycles. The van der Waals surface area contributed by atoms with Crippen molar-refractivity contribution in [3.8, 4) is 11.6 Å². The monoisotopic (exact) mass is 412 g/mol. The maximum atomic E-state index is 11.9. The van der Waals surface area contributed by atoms with Crippen molar-refractivity contribution < 1.29 is 19.4 Å². The van der Waals surface area contributed by atoms with Gasteiger partial charge in [-0.25, -0.2) is 0 Å². The number of aromatic nitrogens is 1. The van der Waals surface area contributed by atoms with Crippen LogP contribution in [0, 0.1) is 0 Å². The molecular formula is C20H20N4O4S. The number of anilines is 1. The van der Waals surface area contributed by atoms with Crippen molar-refractivity contribution in [2.24, 2.45) is 10.2 Å². The van der Waals surface area contributed by atoms with Gasteiger partial charge in [-0.15, -0.1) is 10.2 Å². The highest BCUT2D eigenvalue weighted by Crippen LogP contribution is 2.38. The molecule has 0 amide bonds. The summed E-state index contributed by atoms with van der Waals surface area (Å²) in [6.45, 7) is 1.85. The number of benzene rings is 2. The molecule has 0 spiro atoms. The third kappa shape index (κ3) is 4.69. The minimum atomic E-state index is -0.455. The molecule has 0 saturated carbocycles. The maximum Gasteiger partial charge on any atom is 0.326 e. The third-order valence-corrected chi connectivity index (χ3v) is 4.28. The lowest BCUT2D eigenvalue weighted by molar-refractivity contribution is -0.143. The van der Waals surface area contributed by atoms with Crippen LogP contribution < -0.4 is 10.1 Å². The summed E-state index contributed by atoms with van der Waals surface area (Å²) in [6.07, 6.45) is 0. The molecule has 0 bridgehead atoms. The highest BCUT2D eigenvalue weighted by Gasteiger charge is 2.18. The first kappa shape index (κ1) is 20.3. The van der Waals surface area contributed by atoms with Gasteiger partial charge in [0.2, 0.25) is 11.0 Å². The number of methoxy groups -OCH3 is 1. The molecule has 1 aromatic heterocycles. The molecule has 1 heterocycles. The van der Waals surface area contributed by atoms with Crippen LogP contribution in [0.25, 0.3) is 10.9 Å². The van der Waals surface area contributed by atoms with Gasteiger partial charge in [0.15, 0.2) is 5.69 Å². The predicted molar refractivity (Wildman–Crippen MR) is 114 cm³/mol. The Bertz CT molecular complexity index is 1060. The average molecular weight is 412 g/mol. The number of ether oxygens (including phenoxy) is 2. The standard InChI is InChI=1S/C20H20N4O4S/c1-3-28-17(25)12-24-16-7-5-4-6-15(16)18(19(24)26)22-23-20(29)21-13-8-10-14(27-2)11-9-13/h4-11,26H,3,12H2,1-2H3,(H,21,29). The van der Waals surface area contributed by atoms with E-state index in [2.05, 4.69) is 15.5 Å². The molecule has 0 unspecified atom stereocenters. The van der Waals surface area contributed by atoms with Crippen LogP contribution in [-0.2, 0) is 16.1 Å². The number of aromatic hydroxyl groups is 1. The SMILES string of the molecule is CCOC(=O)Cn1c(O)c(N=NC(=S)Nc2ccc(OC)cc2)c2ccccc21. The molecule has 150 valence electrons. The summed E-state index contributed by atoms with van der Waals surface area (Å²) in [5.74, 6) is 0.0846. The molecule has 2 aromatic carbocycles. The highest BCUT2D eigenvalue weighted by atomic mass is 32.1. The number of hydrogen-bond acceptors (Lipinski definition) is 6. The second-order valence-electron chi connectivity index (χ2n) is 5.94. The second-order valence-corrected chi connectivity index (χ2v) is 6.33. The number of esters is 1. The van der Waals surface area contributed by atoms with Crippen molar-refractivity contribution in [2.45, 2.75) is 13.5 Å². The topological polar surface area (TPSA) is 97.4 Å². The van der Waals surface area contributed by atoms with Gasteiger partial charge in [0.1, 0.15) is 12.3 Å². The van der Waals surface area contributed by atoms with E-state index in [4.69, 9.17) is 21.7 Å². The minimum absolute atomic E-state index is 0.122. The lowest BCUT2D eigenvalue weighted by Gasteiger charge is -2.06. The first-order valence-corrected chi connectivity index (χ1v) is 9.27. The first-order chi connectivity index (χ1) is 14.0. The van der Waals surface area contributed by atoms with Crippen LogP contribution in [0.1, 0.15) is 6.92 Å². The summed E-state index contributed by atoms with van der Waals surface area (Å²) in [5.41, 5.74) is 1.59. The largest absolute Gasteiger partial charge is 0.497 e. The number of carbonyl (C=O) groups is 1. The zero-order valence-corrected chi connectivity index (χ0v) is 16.8. The van der Waals surface area contributed by atoms with Crippen LogP contribution in [0.3, 0.4) is 0 Å². The van der Waals surface area contributed by atoms with Gasteiger partial charge in [-0.1, -0.05) is 18.2 Å². The van der Waals surface area contributed by atoms with Gasteiger partial charge in [0.25, 0.3) is 0 Å². The Labute approximate surface area is 172 Å². The molecular weight excluding hydrogens is 392 g/mol. The molecule has 2 N–H and O–H groups in total. The number of fused-ring (bicyclic) bond motifs is 1. The molecule has 0 atom stereocenters. The summed E-state index contributed by atoms with van der Waals surface area (Å²) in [5, 5.41) is 22.4. The van der Waals surface area contributed by atoms with Crippen molar-refractivity contribution in [3.05, 3.63) is 48.5 Å². The predicted octanol–water partition coefficient (Wildman–Crippen LogP) is 4.40. The molecule has 0 radical (unpaired) electrons. The quantitative estimate of drug-likeness (QED) is 0.354. The van der Waals surface area contributed by atoms with Crippen molar-refractivity contribution in [1.82, 2.24) is 4.57 Å². The Hall–Kier alpha value is -3.46. The summed E-state index contributed by atoms with van der Waals surface area (Å²) >= 11 is 5.21. The van der Waals surface area contributed by atoms with E-state index in [1.807, 2.05) is 6.07 Å². The number of para-hydroxylation sites is 1. The molecule has 8 nitrogen and oxygen atoms in total. The van der Waals surface area contributed by atoms with Crippen LogP contribution in [0.15, 0.2) is 58.8 Å². The van der Waals surface area contributed by atoms with Gasteiger partial charge in [-0.2, -0.15) is 0 Å². The maximum absolute atomic E-state index is 11.9. The van der Waals surface area contributed by atoms with E-state index in [0.717, 1.165) is 11.4 Å². The highest BCUT2D eigenvalue weighted by molar-refractivity contribution is 7.80. The van der Waals surface area contributed by atoms with Crippen LogP contribution >= 0.6 is 12.2 Å². The molecule has 29 heavy (non-hydrogen) atoms. The second kappa shape index (κ2) is 9.16. The normalized spacial score (nSPS) is 11.0. The number of carbonyl (C=O) groups excluding carboxylic acids is 1. The van der Waals surface area contributed by atoms with E-state index in [-0.39, 0.29) is 29.8 Å². The average Bonchev–Trinajstić information content (AvgIpc) is 2.98. The molecule has 0 saturated heterocycles. The summed E-state index contributed by atoms with van der Waals surface area (Å²) in [6, 6.07) is 14.3. The Morgan fingerprint density at radius 2 is 1.93 bits per heavy atom. The number of nitrogens with zero attached hydrogens (tertiary/aromatic N) is 3. The van der Waals surface area contributed by atoms with E-state index in [1.54, 1.807) is 56.5 Å². The van der Waals surface area contributed by atoms with E-state index >= 15 is 0 Å². The van der Waals surface area contributed by atoms with Crippen molar-refractivity contribution in [3.63, 3.8) is 0 Å². The minimum Gasteiger partial charge on any atom is -0.497 e. The lowest BCUT2D eigenvalue weighted by atomic mass is 10.2. The van der Waals surface area contributed by atoms with Crippen LogP contribution in [-0.4, -0.2) is 34.5 Å². The number of nitrogens with one attached hydrogen (secondary N) is 1. The van der Waals surface area contributed by atoms with E-state index < -0.39 is 5.97 Å². The number of hydrogen-bond donors (Lipinski definition) is 2.